The van der Waals surface area contributed by atoms with Crippen LogP contribution in [0.2, 0.25) is 0 Å². The van der Waals surface area contributed by atoms with Crippen molar-refractivity contribution in [1.82, 2.24) is 20.6 Å². The predicted octanol–water partition coefficient (Wildman–Crippen LogP) is 5.00. The Kier molecular flexibility index (Phi) is 5.17. The van der Waals surface area contributed by atoms with Crippen molar-refractivity contribution >= 4 is 33.4 Å². The van der Waals surface area contributed by atoms with E-state index in [0.717, 1.165) is 53.6 Å². The number of piperidine rings is 1. The minimum absolute atomic E-state index is 0.0761. The molecule has 3 heterocycles. The van der Waals surface area contributed by atoms with Gasteiger partial charge in [0, 0.05) is 24.8 Å². The fourth-order valence-electron chi connectivity index (χ4n) is 6.16. The van der Waals surface area contributed by atoms with Crippen molar-refractivity contribution in [3.8, 4) is 0 Å². The molecule has 2 aromatic heterocycles. The van der Waals surface area contributed by atoms with Crippen molar-refractivity contribution in [1.29, 1.82) is 0 Å². The quantitative estimate of drug-likeness (QED) is 0.689. The maximum atomic E-state index is 12.6. The molecular weight excluding hydrogens is 418 g/mol. The summed E-state index contributed by atoms with van der Waals surface area (Å²) in [5.74, 6) is 2.49. The Bertz CT molecular complexity index is 1060. The molecule has 0 spiro atoms. The van der Waals surface area contributed by atoms with Crippen LogP contribution in [0.1, 0.15) is 51.4 Å². The third-order valence-electron chi connectivity index (χ3n) is 8.03. The zero-order valence-electron chi connectivity index (χ0n) is 18.4. The SMILES string of the molecule is O=C(NC1=CC2CC2(C2CCCCC2)C=C1)NC1CCN(c2ncnc3ccsc23)CC1. The Morgan fingerprint density at radius 1 is 1.12 bits per heavy atom. The molecule has 1 saturated heterocycles. The number of carbonyl (C=O) groups is 1. The van der Waals surface area contributed by atoms with E-state index in [1.54, 1.807) is 17.7 Å². The summed E-state index contributed by atoms with van der Waals surface area (Å²) in [6.07, 6.45) is 18.6. The van der Waals surface area contributed by atoms with Crippen molar-refractivity contribution in [3.63, 3.8) is 0 Å². The highest BCUT2D eigenvalue weighted by atomic mass is 32.1. The van der Waals surface area contributed by atoms with E-state index < -0.39 is 0 Å². The van der Waals surface area contributed by atoms with Crippen molar-refractivity contribution < 1.29 is 4.79 Å². The number of aromatic nitrogens is 2. The largest absolute Gasteiger partial charge is 0.355 e. The van der Waals surface area contributed by atoms with E-state index >= 15 is 0 Å². The van der Waals surface area contributed by atoms with Gasteiger partial charge in [0.25, 0.3) is 0 Å². The molecule has 2 saturated carbocycles. The van der Waals surface area contributed by atoms with E-state index in [1.165, 1.54) is 38.5 Å². The highest BCUT2D eigenvalue weighted by Crippen LogP contribution is 2.64. The van der Waals surface area contributed by atoms with Gasteiger partial charge in [0.2, 0.25) is 0 Å². The summed E-state index contributed by atoms with van der Waals surface area (Å²) in [7, 11) is 0. The first-order valence-electron chi connectivity index (χ1n) is 12.1. The molecule has 6 rings (SSSR count). The average Bonchev–Trinajstić information content (AvgIpc) is 3.36. The van der Waals surface area contributed by atoms with E-state index in [9.17, 15) is 4.79 Å². The maximum Gasteiger partial charge on any atom is 0.319 e. The molecule has 168 valence electrons. The molecule has 0 bridgehead atoms. The molecule has 3 aliphatic carbocycles. The molecule has 32 heavy (non-hydrogen) atoms. The summed E-state index contributed by atoms with van der Waals surface area (Å²) in [5.41, 5.74) is 2.38. The number of carbonyl (C=O) groups excluding carboxylic acids is 1. The van der Waals surface area contributed by atoms with Crippen LogP contribution in [0.3, 0.4) is 0 Å². The number of hydrogen-bond acceptors (Lipinski definition) is 5. The van der Waals surface area contributed by atoms with Gasteiger partial charge in [-0.15, -0.1) is 11.3 Å². The molecule has 7 heteroatoms. The Balaban J connectivity index is 1.00. The molecule has 2 atom stereocenters. The molecular formula is C25H31N5OS. The molecule has 2 aromatic rings. The second-order valence-electron chi connectivity index (χ2n) is 9.91. The smallest absolute Gasteiger partial charge is 0.319 e. The Morgan fingerprint density at radius 3 is 2.78 bits per heavy atom. The molecule has 0 aromatic carbocycles. The lowest BCUT2D eigenvalue weighted by molar-refractivity contribution is 0.236. The molecule has 0 radical (unpaired) electrons. The van der Waals surface area contributed by atoms with Crippen LogP contribution < -0.4 is 15.5 Å². The van der Waals surface area contributed by atoms with Gasteiger partial charge in [-0.2, -0.15) is 0 Å². The topological polar surface area (TPSA) is 70.2 Å². The second kappa shape index (κ2) is 8.18. The molecule has 2 N–H and O–H groups in total. The van der Waals surface area contributed by atoms with Crippen LogP contribution in [0.15, 0.2) is 41.7 Å². The van der Waals surface area contributed by atoms with Gasteiger partial charge < -0.3 is 15.5 Å². The first kappa shape index (κ1) is 20.2. The monoisotopic (exact) mass is 449 g/mol. The van der Waals surface area contributed by atoms with Crippen LogP contribution in [0.25, 0.3) is 10.2 Å². The van der Waals surface area contributed by atoms with Gasteiger partial charge in [-0.3, -0.25) is 0 Å². The van der Waals surface area contributed by atoms with E-state index in [0.29, 0.717) is 11.3 Å². The molecule has 1 aliphatic heterocycles. The van der Waals surface area contributed by atoms with Crippen LogP contribution in [0.4, 0.5) is 10.6 Å². The summed E-state index contributed by atoms with van der Waals surface area (Å²) in [6, 6.07) is 2.16. The average molecular weight is 450 g/mol. The van der Waals surface area contributed by atoms with E-state index in [1.807, 2.05) is 6.07 Å². The summed E-state index contributed by atoms with van der Waals surface area (Å²) in [4.78, 5) is 23.8. The first-order chi connectivity index (χ1) is 15.7. The molecule has 2 amide bonds. The normalized spacial score (nSPS) is 28.3. The van der Waals surface area contributed by atoms with Crippen LogP contribution in [-0.2, 0) is 0 Å². The number of rotatable bonds is 4. The number of amides is 2. The van der Waals surface area contributed by atoms with Gasteiger partial charge >= 0.3 is 6.03 Å². The van der Waals surface area contributed by atoms with Crippen molar-refractivity contribution in [2.24, 2.45) is 17.3 Å². The fourth-order valence-corrected chi connectivity index (χ4v) is 7.02. The van der Waals surface area contributed by atoms with E-state index in [4.69, 9.17) is 0 Å². The highest BCUT2D eigenvalue weighted by Gasteiger charge is 2.56. The summed E-state index contributed by atoms with van der Waals surface area (Å²) >= 11 is 1.69. The lowest BCUT2D eigenvalue weighted by Gasteiger charge is -2.33. The Labute approximate surface area is 193 Å². The first-order valence-corrected chi connectivity index (χ1v) is 13.0. The zero-order valence-corrected chi connectivity index (χ0v) is 19.2. The lowest BCUT2D eigenvalue weighted by Crippen LogP contribution is -2.48. The third-order valence-corrected chi connectivity index (χ3v) is 8.93. The standard InChI is InChI=1S/C25H31N5OS/c31-24(29-20-6-10-25(15-18(25)14-20)17-4-2-1-3-5-17)28-19-7-11-30(12-8-19)23-22-21(9-13-32-22)26-16-27-23/h6,9-10,13-14,16-19H,1-5,7-8,11-12,15H2,(H2,28,29,31). The molecule has 2 unspecified atom stereocenters. The number of urea groups is 1. The minimum Gasteiger partial charge on any atom is -0.355 e. The van der Waals surface area contributed by atoms with Crippen molar-refractivity contribution in [3.05, 3.63) is 41.7 Å². The van der Waals surface area contributed by atoms with Crippen LogP contribution in [0.5, 0.6) is 0 Å². The molecule has 3 fully saturated rings. The van der Waals surface area contributed by atoms with Gasteiger partial charge in [-0.1, -0.05) is 31.4 Å². The summed E-state index contributed by atoms with van der Waals surface area (Å²) < 4.78 is 1.15. The zero-order chi connectivity index (χ0) is 21.5. The van der Waals surface area contributed by atoms with Gasteiger partial charge in [0.05, 0.1) is 10.2 Å². The number of nitrogens with zero attached hydrogens (tertiary/aromatic N) is 3. The van der Waals surface area contributed by atoms with Crippen molar-refractivity contribution in [2.45, 2.75) is 57.4 Å². The minimum atomic E-state index is -0.0761. The Hall–Kier alpha value is -2.41. The van der Waals surface area contributed by atoms with Crippen LogP contribution in [0, 0.1) is 17.3 Å². The number of nitrogens with one attached hydrogen (secondary N) is 2. The molecule has 4 aliphatic rings. The van der Waals surface area contributed by atoms with Crippen LogP contribution in [-0.4, -0.2) is 35.1 Å². The van der Waals surface area contributed by atoms with E-state index in [2.05, 4.69) is 49.1 Å². The van der Waals surface area contributed by atoms with E-state index in [-0.39, 0.29) is 12.1 Å². The van der Waals surface area contributed by atoms with Gasteiger partial charge in [-0.25, -0.2) is 14.8 Å². The van der Waals surface area contributed by atoms with Gasteiger partial charge in [0.1, 0.15) is 12.1 Å². The highest BCUT2D eigenvalue weighted by molar-refractivity contribution is 7.17. The predicted molar refractivity (Wildman–Crippen MR) is 129 cm³/mol. The van der Waals surface area contributed by atoms with Gasteiger partial charge in [0.15, 0.2) is 0 Å². The van der Waals surface area contributed by atoms with Gasteiger partial charge in [-0.05, 0) is 66.9 Å². The lowest BCUT2D eigenvalue weighted by atomic mass is 9.75. The number of fused-ring (bicyclic) bond motifs is 2. The third kappa shape index (κ3) is 3.70. The molecule has 6 nitrogen and oxygen atoms in total. The summed E-state index contributed by atoms with van der Waals surface area (Å²) in [6.45, 7) is 1.78. The summed E-state index contributed by atoms with van der Waals surface area (Å²) in [5, 5.41) is 8.35. The Morgan fingerprint density at radius 2 is 1.97 bits per heavy atom. The number of allylic oxidation sites excluding steroid dienone is 3. The van der Waals surface area contributed by atoms with Crippen LogP contribution >= 0.6 is 11.3 Å². The number of thiophene rings is 1. The fraction of sp³-hybridized carbons (Fsp3) is 0.560. The number of hydrogen-bond donors (Lipinski definition) is 2. The maximum absolute atomic E-state index is 12.6. The second-order valence-corrected chi connectivity index (χ2v) is 10.8. The van der Waals surface area contributed by atoms with Crippen molar-refractivity contribution in [2.75, 3.05) is 18.0 Å². The number of anilines is 1.